The Morgan fingerprint density at radius 1 is 1.21 bits per heavy atom. The molecule has 12 heteroatoms. The van der Waals surface area contributed by atoms with Gasteiger partial charge in [-0.2, -0.15) is 5.01 Å². The number of hydrogen-bond acceptors (Lipinski definition) is 7. The molecule has 2 aliphatic rings. The fourth-order valence-electron chi connectivity index (χ4n) is 4.21. The largest absolute Gasteiger partial charge is 0.344 e. The first-order valence-electron chi connectivity index (χ1n) is 11.2. The lowest BCUT2D eigenvalue weighted by atomic mass is 9.82. The quantitative estimate of drug-likeness (QED) is 0.454. The van der Waals surface area contributed by atoms with E-state index in [4.69, 9.17) is 0 Å². The molecule has 1 spiro atoms. The van der Waals surface area contributed by atoms with Gasteiger partial charge >= 0.3 is 6.03 Å². The van der Waals surface area contributed by atoms with Crippen molar-refractivity contribution in [2.45, 2.75) is 55.8 Å². The lowest BCUT2D eigenvalue weighted by molar-refractivity contribution is -0.139. The van der Waals surface area contributed by atoms with E-state index in [2.05, 4.69) is 20.9 Å². The van der Waals surface area contributed by atoms with E-state index in [-0.39, 0.29) is 17.6 Å². The lowest BCUT2D eigenvalue weighted by Crippen LogP contribution is -2.51. The molecule has 4 rings (SSSR count). The number of imide groups is 1. The molecule has 2 heterocycles. The van der Waals surface area contributed by atoms with Gasteiger partial charge in [0.1, 0.15) is 11.4 Å². The van der Waals surface area contributed by atoms with E-state index in [0.29, 0.717) is 29.5 Å². The van der Waals surface area contributed by atoms with Gasteiger partial charge in [-0.15, -0.1) is 10.2 Å². The number of hydrazine groups is 1. The van der Waals surface area contributed by atoms with Gasteiger partial charge < -0.3 is 5.32 Å². The van der Waals surface area contributed by atoms with Crippen molar-refractivity contribution in [2.24, 2.45) is 0 Å². The second kappa shape index (κ2) is 9.71. The number of nitrogens with zero attached hydrogens (tertiary/aromatic N) is 5. The van der Waals surface area contributed by atoms with Crippen LogP contribution in [0.15, 0.2) is 29.4 Å². The summed E-state index contributed by atoms with van der Waals surface area (Å²) in [6.45, 7) is 1.96. The van der Waals surface area contributed by atoms with Crippen molar-refractivity contribution in [3.63, 3.8) is 0 Å². The lowest BCUT2D eigenvalue weighted by Gasteiger charge is -2.30. The topological polar surface area (TPSA) is 112 Å². The Morgan fingerprint density at radius 3 is 2.53 bits per heavy atom. The van der Waals surface area contributed by atoms with E-state index in [0.717, 1.165) is 36.0 Å². The molecule has 0 radical (unpaired) electrons. The molecule has 1 aliphatic heterocycles. The number of nitrogens with one attached hydrogen (secondary N) is 2. The predicted octanol–water partition coefficient (Wildman–Crippen LogP) is 2.41. The number of carbonyl (C=O) groups excluding carboxylic acids is 3. The predicted molar refractivity (Wildman–Crippen MR) is 123 cm³/mol. The first-order valence-corrected chi connectivity index (χ1v) is 12.2. The average molecular weight is 490 g/mol. The molecule has 1 atom stereocenters. The smallest absolute Gasteiger partial charge is 0.322 e. The van der Waals surface area contributed by atoms with Crippen LogP contribution in [0.25, 0.3) is 5.69 Å². The summed E-state index contributed by atoms with van der Waals surface area (Å²) in [4.78, 5) is 39.9. The number of thioether (sulfide) groups is 1. The first kappa shape index (κ1) is 24.1. The minimum Gasteiger partial charge on any atom is -0.322 e. The SMILES string of the molecule is C[C@H](c1nnc(SCC(=O)NN2C(=O)NC3(CCCCC3)C2=O)n1-c1ccc(F)cc1)N(C)C. The number of carbonyl (C=O) groups is 3. The highest BCUT2D eigenvalue weighted by molar-refractivity contribution is 7.99. The van der Waals surface area contributed by atoms with Crippen LogP contribution in [-0.2, 0) is 9.59 Å². The van der Waals surface area contributed by atoms with E-state index >= 15 is 0 Å². The molecule has 4 amide bonds. The molecule has 182 valence electrons. The number of rotatable bonds is 7. The van der Waals surface area contributed by atoms with Crippen molar-refractivity contribution >= 4 is 29.6 Å². The summed E-state index contributed by atoms with van der Waals surface area (Å²) in [7, 11) is 3.82. The highest BCUT2D eigenvalue weighted by Gasteiger charge is 2.52. The van der Waals surface area contributed by atoms with E-state index in [9.17, 15) is 18.8 Å². The second-order valence-corrected chi connectivity index (χ2v) is 9.77. The van der Waals surface area contributed by atoms with E-state index in [1.807, 2.05) is 25.9 Å². The molecule has 1 aromatic carbocycles. The molecule has 1 aromatic heterocycles. The van der Waals surface area contributed by atoms with Crippen molar-refractivity contribution in [3.05, 3.63) is 35.9 Å². The second-order valence-electron chi connectivity index (χ2n) is 8.83. The summed E-state index contributed by atoms with van der Waals surface area (Å²) in [5.74, 6) is -0.756. The summed E-state index contributed by atoms with van der Waals surface area (Å²) in [5.41, 5.74) is 2.18. The first-order chi connectivity index (χ1) is 16.2. The van der Waals surface area contributed by atoms with Crippen molar-refractivity contribution in [2.75, 3.05) is 19.8 Å². The molecule has 0 bridgehead atoms. The zero-order valence-electron chi connectivity index (χ0n) is 19.4. The number of benzene rings is 1. The zero-order chi connectivity index (χ0) is 24.5. The van der Waals surface area contributed by atoms with Gasteiger partial charge in [0.05, 0.1) is 11.8 Å². The molecule has 34 heavy (non-hydrogen) atoms. The highest BCUT2D eigenvalue weighted by atomic mass is 32.2. The molecule has 1 aliphatic carbocycles. The Morgan fingerprint density at radius 2 is 1.88 bits per heavy atom. The van der Waals surface area contributed by atoms with Crippen LogP contribution in [0.1, 0.15) is 50.9 Å². The monoisotopic (exact) mass is 489 g/mol. The van der Waals surface area contributed by atoms with Crippen LogP contribution < -0.4 is 10.7 Å². The maximum Gasteiger partial charge on any atom is 0.344 e. The van der Waals surface area contributed by atoms with E-state index < -0.39 is 23.4 Å². The molecular formula is C22H28FN7O3S. The average Bonchev–Trinajstić information content (AvgIpc) is 3.33. The van der Waals surface area contributed by atoms with Gasteiger partial charge in [0.25, 0.3) is 5.91 Å². The summed E-state index contributed by atoms with van der Waals surface area (Å²) < 4.78 is 15.3. The number of hydrogen-bond donors (Lipinski definition) is 2. The fraction of sp³-hybridized carbons (Fsp3) is 0.500. The summed E-state index contributed by atoms with van der Waals surface area (Å²) in [5, 5.41) is 12.5. The molecule has 2 aromatic rings. The van der Waals surface area contributed by atoms with Crippen LogP contribution >= 0.6 is 11.8 Å². The van der Waals surface area contributed by atoms with Gasteiger partial charge in [0.2, 0.25) is 5.91 Å². The highest BCUT2D eigenvalue weighted by Crippen LogP contribution is 2.33. The Balaban J connectivity index is 1.48. The molecule has 1 saturated carbocycles. The fourth-order valence-corrected chi connectivity index (χ4v) is 4.96. The minimum absolute atomic E-state index is 0.0975. The summed E-state index contributed by atoms with van der Waals surface area (Å²) in [6.07, 6.45) is 3.89. The van der Waals surface area contributed by atoms with E-state index in [1.165, 1.54) is 12.1 Å². The van der Waals surface area contributed by atoms with Crippen LogP contribution in [0.3, 0.4) is 0 Å². The van der Waals surface area contributed by atoms with Gasteiger partial charge in [-0.25, -0.2) is 9.18 Å². The maximum atomic E-state index is 13.5. The van der Waals surface area contributed by atoms with Gasteiger partial charge in [0, 0.05) is 5.69 Å². The van der Waals surface area contributed by atoms with Crippen LogP contribution in [-0.4, -0.2) is 67.9 Å². The zero-order valence-corrected chi connectivity index (χ0v) is 20.2. The van der Waals surface area contributed by atoms with Gasteiger partial charge in [0.15, 0.2) is 11.0 Å². The van der Waals surface area contributed by atoms with E-state index in [1.54, 1.807) is 16.7 Å². The number of amides is 4. The summed E-state index contributed by atoms with van der Waals surface area (Å²) >= 11 is 1.11. The van der Waals surface area contributed by atoms with Gasteiger partial charge in [-0.3, -0.25) is 24.5 Å². The molecule has 2 N–H and O–H groups in total. The van der Waals surface area contributed by atoms with Gasteiger partial charge in [-0.05, 0) is 58.1 Å². The van der Waals surface area contributed by atoms with Crippen molar-refractivity contribution < 1.29 is 18.8 Å². The number of aromatic nitrogens is 3. The molecule has 1 saturated heterocycles. The summed E-state index contributed by atoms with van der Waals surface area (Å²) in [6, 6.07) is 5.22. The van der Waals surface area contributed by atoms with Crippen molar-refractivity contribution in [1.29, 1.82) is 0 Å². The van der Waals surface area contributed by atoms with Crippen LogP contribution in [0.5, 0.6) is 0 Å². The van der Waals surface area contributed by atoms with Crippen LogP contribution in [0.2, 0.25) is 0 Å². The third-order valence-corrected chi connectivity index (χ3v) is 7.26. The Bertz CT molecular complexity index is 1080. The van der Waals surface area contributed by atoms with Crippen molar-refractivity contribution in [3.8, 4) is 5.69 Å². The third kappa shape index (κ3) is 4.64. The molecule has 10 nitrogen and oxygen atoms in total. The standard InChI is InChI=1S/C22H28FN7O3S/c1-14(28(2)3)18-25-26-21(29(18)16-9-7-15(23)8-10-16)34-13-17(31)27-30-19(32)22(24-20(30)33)11-5-4-6-12-22/h7-10,14H,4-6,11-13H2,1-3H3,(H,24,33)(H,27,31)/t14-/m1/s1. The van der Waals surface area contributed by atoms with Crippen molar-refractivity contribution in [1.82, 2.24) is 35.4 Å². The molecule has 0 unspecified atom stereocenters. The third-order valence-electron chi connectivity index (χ3n) is 6.33. The van der Waals surface area contributed by atoms with Crippen LogP contribution in [0, 0.1) is 5.82 Å². The number of halogens is 1. The van der Waals surface area contributed by atoms with Crippen LogP contribution in [0.4, 0.5) is 9.18 Å². The number of urea groups is 1. The minimum atomic E-state index is -0.907. The Labute approximate surface area is 201 Å². The Kier molecular flexibility index (Phi) is 6.89. The normalized spacial score (nSPS) is 18.4. The molecular weight excluding hydrogens is 461 g/mol. The Hall–Kier alpha value is -2.99. The molecule has 2 fully saturated rings. The maximum absolute atomic E-state index is 13.5. The van der Waals surface area contributed by atoms with Gasteiger partial charge in [-0.1, -0.05) is 31.0 Å².